The Kier molecular flexibility index (Phi) is 3.37. The van der Waals surface area contributed by atoms with Gasteiger partial charge in [-0.1, -0.05) is 25.0 Å². The topological polar surface area (TPSA) is 58.6 Å². The van der Waals surface area contributed by atoms with Crippen LogP contribution in [-0.2, 0) is 16.0 Å². The van der Waals surface area contributed by atoms with Gasteiger partial charge in [0.1, 0.15) is 5.75 Å². The zero-order chi connectivity index (χ0) is 15.2. The van der Waals surface area contributed by atoms with E-state index in [1.165, 1.54) is 25.7 Å². The molecular weight excluding hydrogens is 278 g/mol. The zero-order valence-electron chi connectivity index (χ0n) is 12.8. The van der Waals surface area contributed by atoms with Crippen LogP contribution >= 0.6 is 0 Å². The summed E-state index contributed by atoms with van der Waals surface area (Å²) < 4.78 is 5.95. The van der Waals surface area contributed by atoms with Crippen molar-refractivity contribution in [1.29, 1.82) is 0 Å². The number of nitrogens with one attached hydrogen (secondary N) is 1. The van der Waals surface area contributed by atoms with Gasteiger partial charge in [0.05, 0.1) is 12.5 Å². The molecule has 2 aliphatic carbocycles. The predicted molar refractivity (Wildman–Crippen MR) is 82.5 cm³/mol. The van der Waals surface area contributed by atoms with Crippen molar-refractivity contribution >= 4 is 5.91 Å². The van der Waals surface area contributed by atoms with Gasteiger partial charge in [-0.05, 0) is 37.0 Å². The summed E-state index contributed by atoms with van der Waals surface area (Å²) >= 11 is 0. The average molecular weight is 301 g/mol. The Bertz CT molecular complexity index is 562. The number of aromatic hydroxyl groups is 1. The second-order valence-corrected chi connectivity index (χ2v) is 7.07. The van der Waals surface area contributed by atoms with Crippen LogP contribution in [0.4, 0.5) is 0 Å². The number of hydrogen-bond acceptors (Lipinski definition) is 3. The zero-order valence-corrected chi connectivity index (χ0v) is 12.8. The molecule has 1 saturated heterocycles. The van der Waals surface area contributed by atoms with E-state index in [4.69, 9.17) is 4.74 Å². The molecule has 0 aromatic heterocycles. The van der Waals surface area contributed by atoms with E-state index in [1.54, 1.807) is 12.1 Å². The van der Waals surface area contributed by atoms with Crippen LogP contribution in [-0.4, -0.2) is 29.8 Å². The number of carbonyl (C=O) groups is 1. The standard InChI is InChI=1S/C18H23NO3/c20-13-5-3-12(4-6-13)11-15(21)19-16-14-7-10-22-17(14)18(16)8-1-2-9-18/h3-6,14,16-17,20H,1-2,7-11H2,(H,19,21)/t14-,16-,17-/m1/s1. The summed E-state index contributed by atoms with van der Waals surface area (Å²) in [7, 11) is 0. The van der Waals surface area contributed by atoms with Gasteiger partial charge in [-0.15, -0.1) is 0 Å². The molecular formula is C18H23NO3. The Balaban J connectivity index is 1.43. The fraction of sp³-hybridized carbons (Fsp3) is 0.611. The van der Waals surface area contributed by atoms with Crippen molar-refractivity contribution in [1.82, 2.24) is 5.32 Å². The smallest absolute Gasteiger partial charge is 0.224 e. The van der Waals surface area contributed by atoms with E-state index in [0.717, 1.165) is 18.6 Å². The highest BCUT2D eigenvalue weighted by atomic mass is 16.5. The molecule has 1 spiro atoms. The fourth-order valence-corrected chi connectivity index (χ4v) is 4.93. The Morgan fingerprint density at radius 3 is 2.73 bits per heavy atom. The molecule has 1 aliphatic heterocycles. The summed E-state index contributed by atoms with van der Waals surface area (Å²) in [5.41, 5.74) is 1.15. The normalized spacial score (nSPS) is 31.7. The fourth-order valence-electron chi connectivity index (χ4n) is 4.93. The predicted octanol–water partition coefficient (Wildman–Crippen LogP) is 2.40. The highest BCUT2D eigenvalue weighted by Crippen LogP contribution is 2.60. The van der Waals surface area contributed by atoms with Gasteiger partial charge in [-0.3, -0.25) is 4.79 Å². The number of ether oxygens (including phenoxy) is 1. The Morgan fingerprint density at radius 1 is 1.27 bits per heavy atom. The third kappa shape index (κ3) is 2.12. The lowest BCUT2D eigenvalue weighted by molar-refractivity contribution is -0.145. The highest BCUT2D eigenvalue weighted by Gasteiger charge is 2.65. The molecule has 118 valence electrons. The van der Waals surface area contributed by atoms with Crippen LogP contribution in [0, 0.1) is 11.3 Å². The van der Waals surface area contributed by atoms with Gasteiger partial charge in [0.15, 0.2) is 0 Å². The molecule has 2 N–H and O–H groups in total. The first kappa shape index (κ1) is 14.1. The van der Waals surface area contributed by atoms with Gasteiger partial charge in [0, 0.05) is 24.0 Å². The summed E-state index contributed by atoms with van der Waals surface area (Å²) in [6.45, 7) is 0.849. The van der Waals surface area contributed by atoms with E-state index in [0.29, 0.717) is 24.5 Å². The molecule has 3 fully saturated rings. The monoisotopic (exact) mass is 301 g/mol. The van der Waals surface area contributed by atoms with Crippen molar-refractivity contribution < 1.29 is 14.6 Å². The summed E-state index contributed by atoms with van der Waals surface area (Å²) in [5.74, 6) is 0.841. The summed E-state index contributed by atoms with van der Waals surface area (Å²) in [4.78, 5) is 12.4. The van der Waals surface area contributed by atoms with E-state index < -0.39 is 0 Å². The van der Waals surface area contributed by atoms with E-state index in [9.17, 15) is 9.90 Å². The minimum Gasteiger partial charge on any atom is -0.508 e. The summed E-state index contributed by atoms with van der Waals surface area (Å²) in [6, 6.07) is 7.17. The van der Waals surface area contributed by atoms with Gasteiger partial charge >= 0.3 is 0 Å². The number of fused-ring (bicyclic) bond motifs is 2. The van der Waals surface area contributed by atoms with Crippen LogP contribution in [0.5, 0.6) is 5.75 Å². The quantitative estimate of drug-likeness (QED) is 0.901. The first-order chi connectivity index (χ1) is 10.7. The lowest BCUT2D eigenvalue weighted by atomic mass is 9.54. The molecule has 1 aromatic rings. The Hall–Kier alpha value is -1.55. The largest absolute Gasteiger partial charge is 0.508 e. The molecule has 3 aliphatic rings. The molecule has 0 radical (unpaired) electrons. The number of phenolic OH excluding ortho intramolecular Hbond substituents is 1. The molecule has 4 nitrogen and oxygen atoms in total. The van der Waals surface area contributed by atoms with Gasteiger partial charge < -0.3 is 15.2 Å². The minimum atomic E-state index is 0.0901. The van der Waals surface area contributed by atoms with Gasteiger partial charge in [0.25, 0.3) is 0 Å². The number of hydrogen-bond donors (Lipinski definition) is 2. The molecule has 0 unspecified atom stereocenters. The number of amides is 1. The first-order valence-corrected chi connectivity index (χ1v) is 8.38. The molecule has 2 saturated carbocycles. The maximum Gasteiger partial charge on any atom is 0.224 e. The maximum absolute atomic E-state index is 12.4. The Labute approximate surface area is 130 Å². The molecule has 0 bridgehead atoms. The minimum absolute atomic E-state index is 0.0901. The van der Waals surface area contributed by atoms with Crippen molar-refractivity contribution in [2.75, 3.05) is 6.61 Å². The van der Waals surface area contributed by atoms with Gasteiger partial charge in [0.2, 0.25) is 5.91 Å². The second-order valence-electron chi connectivity index (χ2n) is 7.07. The van der Waals surface area contributed by atoms with Crippen molar-refractivity contribution in [3.8, 4) is 5.75 Å². The Morgan fingerprint density at radius 2 is 2.00 bits per heavy atom. The second kappa shape index (κ2) is 5.27. The van der Waals surface area contributed by atoms with E-state index in [-0.39, 0.29) is 17.1 Å². The average Bonchev–Trinajstić information content (AvgIpc) is 3.15. The number of benzene rings is 1. The molecule has 4 rings (SSSR count). The van der Waals surface area contributed by atoms with Crippen LogP contribution < -0.4 is 5.32 Å². The third-order valence-corrected chi connectivity index (χ3v) is 5.90. The van der Waals surface area contributed by atoms with E-state index in [2.05, 4.69) is 5.32 Å². The SMILES string of the molecule is O=C(Cc1ccc(O)cc1)N[C@@H]1[C@H]2CCO[C@H]2C12CCCC2. The number of rotatable bonds is 3. The number of phenols is 1. The summed E-state index contributed by atoms with van der Waals surface area (Å²) in [6.07, 6.45) is 6.75. The van der Waals surface area contributed by atoms with Crippen molar-refractivity contribution in [2.24, 2.45) is 11.3 Å². The van der Waals surface area contributed by atoms with Crippen LogP contribution in [0.15, 0.2) is 24.3 Å². The van der Waals surface area contributed by atoms with Crippen LogP contribution in [0.25, 0.3) is 0 Å². The summed E-state index contributed by atoms with van der Waals surface area (Å²) in [5, 5.41) is 12.6. The van der Waals surface area contributed by atoms with E-state index >= 15 is 0 Å². The molecule has 1 amide bonds. The lowest BCUT2D eigenvalue weighted by Crippen LogP contribution is -2.68. The van der Waals surface area contributed by atoms with Gasteiger partial charge in [-0.25, -0.2) is 0 Å². The van der Waals surface area contributed by atoms with Crippen molar-refractivity contribution in [3.05, 3.63) is 29.8 Å². The van der Waals surface area contributed by atoms with Crippen molar-refractivity contribution in [3.63, 3.8) is 0 Å². The first-order valence-electron chi connectivity index (χ1n) is 8.38. The van der Waals surface area contributed by atoms with Crippen LogP contribution in [0.3, 0.4) is 0 Å². The maximum atomic E-state index is 12.4. The van der Waals surface area contributed by atoms with Gasteiger partial charge in [-0.2, -0.15) is 0 Å². The molecule has 1 heterocycles. The van der Waals surface area contributed by atoms with Crippen molar-refractivity contribution in [2.45, 2.75) is 50.7 Å². The molecule has 3 atom stereocenters. The van der Waals surface area contributed by atoms with E-state index in [1.807, 2.05) is 12.1 Å². The molecule has 1 aromatic carbocycles. The molecule has 22 heavy (non-hydrogen) atoms. The highest BCUT2D eigenvalue weighted by molar-refractivity contribution is 5.79. The third-order valence-electron chi connectivity index (χ3n) is 5.90. The van der Waals surface area contributed by atoms with Crippen LogP contribution in [0.2, 0.25) is 0 Å². The number of carbonyl (C=O) groups excluding carboxylic acids is 1. The lowest BCUT2D eigenvalue weighted by Gasteiger charge is -2.56. The van der Waals surface area contributed by atoms with Crippen LogP contribution in [0.1, 0.15) is 37.7 Å². The molecule has 4 heteroatoms.